The summed E-state index contributed by atoms with van der Waals surface area (Å²) < 4.78 is 0. The van der Waals surface area contributed by atoms with E-state index in [0.717, 1.165) is 25.5 Å². The maximum atomic E-state index is 6.28. The predicted molar refractivity (Wildman–Crippen MR) is 103 cm³/mol. The highest BCUT2D eigenvalue weighted by Gasteiger charge is 2.40. The van der Waals surface area contributed by atoms with E-state index in [-0.39, 0.29) is 0 Å². The summed E-state index contributed by atoms with van der Waals surface area (Å²) in [4.78, 5) is 11.4. The van der Waals surface area contributed by atoms with Crippen molar-refractivity contribution < 1.29 is 0 Å². The zero-order valence-electron chi connectivity index (χ0n) is 13.8. The summed E-state index contributed by atoms with van der Waals surface area (Å²) in [5.41, 5.74) is 13.3. The van der Waals surface area contributed by atoms with Crippen molar-refractivity contribution in [3.05, 3.63) is 34.4 Å². The molecule has 25 heavy (non-hydrogen) atoms. The Balaban J connectivity index is 1.56. The topological polar surface area (TPSA) is 81.1 Å². The molecular weight excluding hydrogens is 357 g/mol. The number of hydrogen-bond donors (Lipinski definition) is 2. The normalized spacial score (nSPS) is 25.4. The van der Waals surface area contributed by atoms with E-state index in [4.69, 9.17) is 34.7 Å². The van der Waals surface area contributed by atoms with E-state index in [0.29, 0.717) is 44.9 Å². The monoisotopic (exact) mass is 377 g/mol. The van der Waals surface area contributed by atoms with Gasteiger partial charge in [-0.25, -0.2) is 9.97 Å². The molecule has 0 bridgehead atoms. The van der Waals surface area contributed by atoms with Gasteiger partial charge >= 0.3 is 0 Å². The van der Waals surface area contributed by atoms with E-state index in [1.165, 1.54) is 12.8 Å². The molecule has 2 heterocycles. The largest absolute Gasteiger partial charge is 0.382 e. The van der Waals surface area contributed by atoms with E-state index in [9.17, 15) is 0 Å². The van der Waals surface area contributed by atoms with Crippen molar-refractivity contribution in [3.8, 4) is 11.3 Å². The zero-order chi connectivity index (χ0) is 17.6. The van der Waals surface area contributed by atoms with E-state index in [1.54, 1.807) is 12.3 Å². The first kappa shape index (κ1) is 16.9. The highest BCUT2D eigenvalue weighted by molar-refractivity contribution is 6.43. The third-order valence-electron chi connectivity index (χ3n) is 5.50. The average Bonchev–Trinajstić information content (AvgIpc) is 3.16. The molecule has 5 nitrogen and oxygen atoms in total. The molecule has 0 amide bonds. The molecule has 132 valence electrons. The van der Waals surface area contributed by atoms with Crippen molar-refractivity contribution >= 4 is 34.8 Å². The van der Waals surface area contributed by atoms with Crippen LogP contribution in [0, 0.1) is 17.8 Å². The number of halogens is 2. The molecule has 1 saturated heterocycles. The lowest BCUT2D eigenvalue weighted by atomic mass is 10.0. The van der Waals surface area contributed by atoms with Crippen LogP contribution in [0.3, 0.4) is 0 Å². The Hall–Kier alpha value is -1.56. The van der Waals surface area contributed by atoms with Crippen LogP contribution in [0.25, 0.3) is 11.3 Å². The van der Waals surface area contributed by atoms with E-state index in [1.807, 2.05) is 12.1 Å². The first-order valence-electron chi connectivity index (χ1n) is 8.58. The Labute approximate surface area is 157 Å². The summed E-state index contributed by atoms with van der Waals surface area (Å²) in [6.45, 7) is 2.81. The molecule has 1 aromatic heterocycles. The van der Waals surface area contributed by atoms with Gasteiger partial charge < -0.3 is 16.4 Å². The molecule has 2 aromatic rings. The number of benzene rings is 1. The summed E-state index contributed by atoms with van der Waals surface area (Å²) in [5.74, 6) is 3.30. The van der Waals surface area contributed by atoms with Crippen LogP contribution in [-0.2, 0) is 0 Å². The summed E-state index contributed by atoms with van der Waals surface area (Å²) in [5, 5.41) is 0.924. The first-order valence-corrected chi connectivity index (χ1v) is 9.34. The second kappa shape index (κ2) is 6.63. The molecule has 2 atom stereocenters. The standard InChI is InChI=1S/C18H21Cl2N5/c19-14-3-1-2-13(16(14)20)17-18(22)24-15(7-23-17)25-8-11-4-10(6-21)5-12(11)9-25/h1-3,7,10-12H,4-6,8-9,21H2,(H2,22,24). The van der Waals surface area contributed by atoms with Gasteiger partial charge in [0.25, 0.3) is 0 Å². The molecule has 1 aliphatic heterocycles. The lowest BCUT2D eigenvalue weighted by molar-refractivity contribution is 0.494. The second-order valence-electron chi connectivity index (χ2n) is 7.06. The summed E-state index contributed by atoms with van der Waals surface area (Å²) in [6.07, 6.45) is 4.22. The number of rotatable bonds is 3. The van der Waals surface area contributed by atoms with Crippen LogP contribution in [0.1, 0.15) is 12.8 Å². The van der Waals surface area contributed by atoms with Crippen LogP contribution in [0.15, 0.2) is 24.4 Å². The Bertz CT molecular complexity index is 783. The molecule has 2 aliphatic rings. The number of nitrogens with zero attached hydrogens (tertiary/aromatic N) is 3. The van der Waals surface area contributed by atoms with Crippen LogP contribution in [0.5, 0.6) is 0 Å². The number of hydrogen-bond acceptors (Lipinski definition) is 5. The minimum atomic E-state index is 0.374. The Morgan fingerprint density at radius 3 is 2.52 bits per heavy atom. The van der Waals surface area contributed by atoms with Gasteiger partial charge in [-0.1, -0.05) is 35.3 Å². The fourth-order valence-corrected chi connectivity index (χ4v) is 4.64. The number of nitrogens with two attached hydrogens (primary N) is 2. The van der Waals surface area contributed by atoms with E-state index in [2.05, 4.69) is 14.9 Å². The average molecular weight is 378 g/mol. The number of nitrogen functional groups attached to an aromatic ring is 1. The molecule has 1 saturated carbocycles. The SMILES string of the molecule is NCC1CC2CN(c3cnc(-c4cccc(Cl)c4Cl)c(N)n3)CC2C1. The van der Waals surface area contributed by atoms with Gasteiger partial charge in [-0.3, -0.25) is 0 Å². The summed E-state index contributed by atoms with van der Waals surface area (Å²) in [7, 11) is 0. The zero-order valence-corrected chi connectivity index (χ0v) is 15.3. The minimum absolute atomic E-state index is 0.374. The van der Waals surface area contributed by atoms with Crippen molar-refractivity contribution in [1.29, 1.82) is 0 Å². The third-order valence-corrected chi connectivity index (χ3v) is 6.32. The first-order chi connectivity index (χ1) is 12.1. The molecule has 4 N–H and O–H groups in total. The highest BCUT2D eigenvalue weighted by atomic mass is 35.5. The van der Waals surface area contributed by atoms with Gasteiger partial charge in [0, 0.05) is 18.7 Å². The van der Waals surface area contributed by atoms with Gasteiger partial charge in [0.05, 0.1) is 16.2 Å². The van der Waals surface area contributed by atoms with Crippen molar-refractivity contribution in [2.45, 2.75) is 12.8 Å². The van der Waals surface area contributed by atoms with Gasteiger partial charge in [0.1, 0.15) is 11.5 Å². The minimum Gasteiger partial charge on any atom is -0.382 e. The lowest BCUT2D eigenvalue weighted by Crippen LogP contribution is -2.24. The van der Waals surface area contributed by atoms with Crippen LogP contribution in [0.4, 0.5) is 11.6 Å². The Kier molecular flexibility index (Phi) is 4.48. The molecule has 0 radical (unpaired) electrons. The fourth-order valence-electron chi connectivity index (χ4n) is 4.25. The van der Waals surface area contributed by atoms with Gasteiger partial charge in [-0.2, -0.15) is 0 Å². The van der Waals surface area contributed by atoms with Crippen molar-refractivity contribution in [1.82, 2.24) is 9.97 Å². The van der Waals surface area contributed by atoms with E-state index >= 15 is 0 Å². The van der Waals surface area contributed by atoms with Gasteiger partial charge in [-0.05, 0) is 43.2 Å². The van der Waals surface area contributed by atoms with Crippen LogP contribution in [0.2, 0.25) is 10.0 Å². The highest BCUT2D eigenvalue weighted by Crippen LogP contribution is 2.42. The molecule has 7 heteroatoms. The maximum Gasteiger partial charge on any atom is 0.152 e. The second-order valence-corrected chi connectivity index (χ2v) is 7.85. The molecular formula is C18H21Cl2N5. The maximum absolute atomic E-state index is 6.28. The van der Waals surface area contributed by atoms with Gasteiger partial charge in [-0.15, -0.1) is 0 Å². The number of anilines is 2. The lowest BCUT2D eigenvalue weighted by Gasteiger charge is -2.20. The number of aromatic nitrogens is 2. The summed E-state index contributed by atoms with van der Waals surface area (Å²) in [6, 6.07) is 5.42. The fraction of sp³-hybridized carbons (Fsp3) is 0.444. The third kappa shape index (κ3) is 3.05. The van der Waals surface area contributed by atoms with Gasteiger partial charge in [0.2, 0.25) is 0 Å². The van der Waals surface area contributed by atoms with E-state index < -0.39 is 0 Å². The molecule has 1 aliphatic carbocycles. The molecule has 2 unspecified atom stereocenters. The van der Waals surface area contributed by atoms with Crippen molar-refractivity contribution in [2.75, 3.05) is 30.3 Å². The predicted octanol–water partition coefficient (Wildman–Crippen LogP) is 3.45. The Morgan fingerprint density at radius 2 is 1.88 bits per heavy atom. The number of fused-ring (bicyclic) bond motifs is 1. The van der Waals surface area contributed by atoms with Crippen LogP contribution in [-0.4, -0.2) is 29.6 Å². The Morgan fingerprint density at radius 1 is 1.16 bits per heavy atom. The van der Waals surface area contributed by atoms with Crippen molar-refractivity contribution in [3.63, 3.8) is 0 Å². The molecule has 0 spiro atoms. The van der Waals surface area contributed by atoms with Gasteiger partial charge in [0.15, 0.2) is 5.82 Å². The molecule has 4 rings (SSSR count). The van der Waals surface area contributed by atoms with Crippen molar-refractivity contribution in [2.24, 2.45) is 23.5 Å². The molecule has 1 aromatic carbocycles. The van der Waals surface area contributed by atoms with Crippen LogP contribution < -0.4 is 16.4 Å². The van der Waals surface area contributed by atoms with Crippen LogP contribution >= 0.6 is 23.2 Å². The quantitative estimate of drug-likeness (QED) is 0.855. The smallest absolute Gasteiger partial charge is 0.152 e. The molecule has 2 fully saturated rings. The summed E-state index contributed by atoms with van der Waals surface area (Å²) >= 11 is 12.4.